The van der Waals surface area contributed by atoms with Gasteiger partial charge in [0.15, 0.2) is 0 Å². The van der Waals surface area contributed by atoms with E-state index in [2.05, 4.69) is 0 Å². The first-order valence-corrected chi connectivity index (χ1v) is 7.15. The Morgan fingerprint density at radius 3 is 2.22 bits per heavy atom. The number of benzene rings is 2. The number of carbonyl (C=O) groups is 1. The highest BCUT2D eigenvalue weighted by atomic mass is 16.6. The first-order valence-electron chi connectivity index (χ1n) is 7.15. The van der Waals surface area contributed by atoms with E-state index in [1.54, 1.807) is 24.3 Å². The van der Waals surface area contributed by atoms with Gasteiger partial charge in [0.25, 0.3) is 0 Å². The predicted molar refractivity (Wildman–Crippen MR) is 83.2 cm³/mol. The Bertz CT molecular complexity index is 651. The fourth-order valence-electron chi connectivity index (χ4n) is 1.86. The Hall–Kier alpha value is -2.89. The number of carbonyl (C=O) groups excluding carboxylic acids is 1. The van der Waals surface area contributed by atoms with E-state index in [1.165, 1.54) is 12.1 Å². The maximum atomic E-state index is 11.8. The second kappa shape index (κ2) is 7.93. The van der Waals surface area contributed by atoms with Gasteiger partial charge in [0.2, 0.25) is 0 Å². The van der Waals surface area contributed by atoms with Gasteiger partial charge in [0, 0.05) is 6.07 Å². The van der Waals surface area contributed by atoms with Gasteiger partial charge in [-0.2, -0.15) is 0 Å². The maximum absolute atomic E-state index is 11.8. The lowest BCUT2D eigenvalue weighted by Crippen LogP contribution is -2.12. The van der Waals surface area contributed by atoms with Gasteiger partial charge in [-0.25, -0.2) is 4.79 Å². The summed E-state index contributed by atoms with van der Waals surface area (Å²) < 4.78 is 15.8. The van der Waals surface area contributed by atoms with Gasteiger partial charge in [-0.3, -0.25) is 0 Å². The van der Waals surface area contributed by atoms with Crippen LogP contribution in [-0.4, -0.2) is 36.0 Å². The molecule has 0 aliphatic rings. The molecule has 0 aromatic heterocycles. The van der Waals surface area contributed by atoms with E-state index >= 15 is 0 Å². The zero-order chi connectivity index (χ0) is 16.7. The van der Waals surface area contributed by atoms with Crippen LogP contribution in [0.25, 0.3) is 0 Å². The van der Waals surface area contributed by atoms with Gasteiger partial charge in [-0.15, -0.1) is 0 Å². The number of hydrogen-bond donors (Lipinski definition) is 2. The van der Waals surface area contributed by atoms with Crippen LogP contribution in [-0.2, 0) is 4.74 Å². The monoisotopic (exact) mass is 318 g/mol. The minimum atomic E-state index is -0.683. The summed E-state index contributed by atoms with van der Waals surface area (Å²) in [6.07, 6.45) is 0. The number of ether oxygens (including phenoxy) is 3. The van der Waals surface area contributed by atoms with E-state index in [1.807, 2.05) is 6.92 Å². The van der Waals surface area contributed by atoms with E-state index < -0.39 is 5.97 Å². The summed E-state index contributed by atoms with van der Waals surface area (Å²) in [5.41, 5.74) is -0.0103. The van der Waals surface area contributed by atoms with Crippen LogP contribution >= 0.6 is 0 Å². The van der Waals surface area contributed by atoms with E-state index in [0.29, 0.717) is 12.4 Å². The number of phenolic OH excluding ortho intramolecular Hbond substituents is 2. The number of hydrogen-bond acceptors (Lipinski definition) is 6. The number of esters is 1. The van der Waals surface area contributed by atoms with Crippen molar-refractivity contribution in [2.45, 2.75) is 6.92 Å². The molecule has 122 valence electrons. The van der Waals surface area contributed by atoms with Crippen molar-refractivity contribution >= 4 is 5.97 Å². The molecule has 23 heavy (non-hydrogen) atoms. The van der Waals surface area contributed by atoms with Gasteiger partial charge in [-0.05, 0) is 43.3 Å². The largest absolute Gasteiger partial charge is 0.508 e. The lowest BCUT2D eigenvalue weighted by molar-refractivity contribution is 0.0447. The highest BCUT2D eigenvalue weighted by molar-refractivity contribution is 5.92. The van der Waals surface area contributed by atoms with Crippen LogP contribution in [0.15, 0.2) is 42.5 Å². The lowest BCUT2D eigenvalue weighted by atomic mass is 10.2. The van der Waals surface area contributed by atoms with Crippen LogP contribution in [0.2, 0.25) is 0 Å². The van der Waals surface area contributed by atoms with Crippen molar-refractivity contribution in [2.24, 2.45) is 0 Å². The molecule has 0 radical (unpaired) electrons. The highest BCUT2D eigenvalue weighted by Crippen LogP contribution is 2.23. The molecule has 2 rings (SSSR count). The molecule has 0 amide bonds. The van der Waals surface area contributed by atoms with E-state index in [-0.39, 0.29) is 30.3 Å². The van der Waals surface area contributed by atoms with Crippen molar-refractivity contribution in [1.82, 2.24) is 0 Å². The quantitative estimate of drug-likeness (QED) is 0.603. The summed E-state index contributed by atoms with van der Waals surface area (Å²) in [6.45, 7) is 2.72. The molecule has 2 aromatic rings. The third-order valence-electron chi connectivity index (χ3n) is 2.92. The second-order valence-corrected chi connectivity index (χ2v) is 4.59. The summed E-state index contributed by atoms with van der Waals surface area (Å²) in [6, 6.07) is 10.8. The molecule has 2 aromatic carbocycles. The van der Waals surface area contributed by atoms with Crippen LogP contribution in [0.1, 0.15) is 17.3 Å². The maximum Gasteiger partial charge on any atom is 0.342 e. The fourth-order valence-corrected chi connectivity index (χ4v) is 1.86. The molecular weight excluding hydrogens is 300 g/mol. The van der Waals surface area contributed by atoms with Gasteiger partial charge in [0.1, 0.15) is 41.8 Å². The third kappa shape index (κ3) is 4.81. The Balaban J connectivity index is 1.77. The topological polar surface area (TPSA) is 85.2 Å². The lowest BCUT2D eigenvalue weighted by Gasteiger charge is -2.09. The first-order chi connectivity index (χ1) is 11.1. The number of phenols is 2. The van der Waals surface area contributed by atoms with Crippen LogP contribution < -0.4 is 9.47 Å². The molecule has 0 saturated carbocycles. The average Bonchev–Trinajstić information content (AvgIpc) is 2.53. The SMILES string of the molecule is CCOc1ccc(OCCOC(=O)c2ccc(O)cc2O)cc1. The van der Waals surface area contributed by atoms with Crippen molar-refractivity contribution in [3.05, 3.63) is 48.0 Å². The second-order valence-electron chi connectivity index (χ2n) is 4.59. The first kappa shape index (κ1) is 16.5. The zero-order valence-corrected chi connectivity index (χ0v) is 12.7. The summed E-state index contributed by atoms with van der Waals surface area (Å²) in [7, 11) is 0. The van der Waals surface area contributed by atoms with Crippen molar-refractivity contribution in [1.29, 1.82) is 0 Å². The molecule has 0 unspecified atom stereocenters. The van der Waals surface area contributed by atoms with Crippen molar-refractivity contribution < 1.29 is 29.2 Å². The molecule has 0 atom stereocenters. The number of rotatable bonds is 7. The van der Waals surface area contributed by atoms with Gasteiger partial charge in [0.05, 0.1) is 6.61 Å². The Kier molecular flexibility index (Phi) is 5.68. The fraction of sp³-hybridized carbons (Fsp3) is 0.235. The summed E-state index contributed by atoms with van der Waals surface area (Å²) in [5, 5.41) is 18.7. The summed E-state index contributed by atoms with van der Waals surface area (Å²) in [4.78, 5) is 11.8. The van der Waals surface area contributed by atoms with Crippen LogP contribution in [0.5, 0.6) is 23.0 Å². The van der Waals surface area contributed by atoms with Gasteiger partial charge >= 0.3 is 5.97 Å². The third-order valence-corrected chi connectivity index (χ3v) is 2.92. The molecule has 0 saturated heterocycles. The van der Waals surface area contributed by atoms with Crippen LogP contribution in [0.4, 0.5) is 0 Å². The molecule has 0 fully saturated rings. The van der Waals surface area contributed by atoms with Crippen LogP contribution in [0, 0.1) is 0 Å². The van der Waals surface area contributed by atoms with Crippen molar-refractivity contribution in [2.75, 3.05) is 19.8 Å². The average molecular weight is 318 g/mol. The molecule has 0 heterocycles. The molecule has 2 N–H and O–H groups in total. The molecule has 0 bridgehead atoms. The number of aromatic hydroxyl groups is 2. The normalized spacial score (nSPS) is 10.1. The van der Waals surface area contributed by atoms with Gasteiger partial charge in [-0.1, -0.05) is 0 Å². The minimum absolute atomic E-state index is 0.0103. The predicted octanol–water partition coefficient (Wildman–Crippen LogP) is 2.73. The molecular formula is C17H18O6. The van der Waals surface area contributed by atoms with E-state index in [0.717, 1.165) is 11.8 Å². The standard InChI is InChI=1S/C17H18O6/c1-2-21-13-4-6-14(7-5-13)22-9-10-23-17(20)15-8-3-12(18)11-16(15)19/h3-8,11,18-19H,2,9-10H2,1H3. The summed E-state index contributed by atoms with van der Waals surface area (Å²) in [5.74, 6) is 0.254. The Labute approximate surface area is 133 Å². The van der Waals surface area contributed by atoms with E-state index in [4.69, 9.17) is 14.2 Å². The molecule has 0 spiro atoms. The van der Waals surface area contributed by atoms with Gasteiger partial charge < -0.3 is 24.4 Å². The zero-order valence-electron chi connectivity index (χ0n) is 12.7. The highest BCUT2D eigenvalue weighted by Gasteiger charge is 2.12. The molecule has 0 aliphatic heterocycles. The van der Waals surface area contributed by atoms with E-state index in [9.17, 15) is 15.0 Å². The molecule has 6 nitrogen and oxygen atoms in total. The molecule has 6 heteroatoms. The minimum Gasteiger partial charge on any atom is -0.508 e. The van der Waals surface area contributed by atoms with Crippen molar-refractivity contribution in [3.8, 4) is 23.0 Å². The van der Waals surface area contributed by atoms with Crippen molar-refractivity contribution in [3.63, 3.8) is 0 Å². The summed E-state index contributed by atoms with van der Waals surface area (Å²) >= 11 is 0. The van der Waals surface area contributed by atoms with Crippen LogP contribution in [0.3, 0.4) is 0 Å². The molecule has 0 aliphatic carbocycles. The smallest absolute Gasteiger partial charge is 0.342 e. The Morgan fingerprint density at radius 1 is 0.957 bits per heavy atom. The Morgan fingerprint density at radius 2 is 1.61 bits per heavy atom.